The molecular formula is C19H22N2O4. The van der Waals surface area contributed by atoms with E-state index < -0.39 is 5.63 Å². The van der Waals surface area contributed by atoms with Gasteiger partial charge in [0.25, 0.3) is 0 Å². The Bertz CT molecular complexity index is 891. The van der Waals surface area contributed by atoms with Crippen molar-refractivity contribution < 1.29 is 14.3 Å². The Balaban J connectivity index is 1.53. The largest absolute Gasteiger partial charge is 0.423 e. The Labute approximate surface area is 145 Å². The first-order valence-electron chi connectivity index (χ1n) is 8.72. The van der Waals surface area contributed by atoms with E-state index in [2.05, 4.69) is 5.32 Å². The lowest BCUT2D eigenvalue weighted by atomic mass is 9.82. The maximum absolute atomic E-state index is 12.6. The van der Waals surface area contributed by atoms with E-state index in [0.717, 1.165) is 30.2 Å². The normalized spacial score (nSPS) is 25.4. The van der Waals surface area contributed by atoms with Crippen LogP contribution in [0.25, 0.3) is 11.0 Å². The molecule has 0 bridgehead atoms. The molecule has 2 fully saturated rings. The number of likely N-dealkylation sites (tertiary alicyclic amines) is 1. The monoisotopic (exact) mass is 342 g/mol. The smallest absolute Gasteiger partial charge is 0.336 e. The van der Waals surface area contributed by atoms with Crippen molar-refractivity contribution in [2.24, 2.45) is 11.3 Å². The number of carbonyl (C=O) groups excluding carboxylic acids is 1. The number of hydrogen-bond donors (Lipinski definition) is 2. The minimum Gasteiger partial charge on any atom is -0.423 e. The number of amides is 2. The number of hydrogen-bond acceptors (Lipinski definition) is 4. The molecule has 0 spiro atoms. The van der Waals surface area contributed by atoms with Crippen LogP contribution in [0.3, 0.4) is 0 Å². The Kier molecular flexibility index (Phi) is 3.80. The second kappa shape index (κ2) is 5.88. The molecule has 6 heteroatoms. The summed E-state index contributed by atoms with van der Waals surface area (Å²) in [4.78, 5) is 25.9. The van der Waals surface area contributed by atoms with E-state index in [1.165, 1.54) is 6.07 Å². The Morgan fingerprint density at radius 3 is 3.04 bits per heavy atom. The van der Waals surface area contributed by atoms with Crippen LogP contribution < -0.4 is 10.9 Å². The molecule has 0 unspecified atom stereocenters. The summed E-state index contributed by atoms with van der Waals surface area (Å²) in [5.41, 5.74) is 1.39. The fourth-order valence-corrected chi connectivity index (χ4v) is 4.43. The predicted molar refractivity (Wildman–Crippen MR) is 94.7 cm³/mol. The number of rotatable bonds is 2. The molecule has 2 aromatic rings. The van der Waals surface area contributed by atoms with Crippen molar-refractivity contribution in [3.05, 3.63) is 40.2 Å². The molecule has 1 aromatic heterocycles. The third-order valence-corrected chi connectivity index (χ3v) is 5.84. The molecule has 1 aliphatic heterocycles. The average molecular weight is 342 g/mol. The van der Waals surface area contributed by atoms with Crippen LogP contribution in [0, 0.1) is 18.3 Å². The number of aryl methyl sites for hydroxylation is 1. The van der Waals surface area contributed by atoms with Crippen molar-refractivity contribution in [3.8, 4) is 0 Å². The van der Waals surface area contributed by atoms with E-state index >= 15 is 0 Å². The van der Waals surface area contributed by atoms with Gasteiger partial charge in [-0.3, -0.25) is 0 Å². The summed E-state index contributed by atoms with van der Waals surface area (Å²) in [5.74, 6) is 0.389. The number of fused-ring (bicyclic) bond motifs is 2. The molecule has 2 amide bonds. The first-order chi connectivity index (χ1) is 12.0. The number of benzene rings is 1. The number of anilines is 1. The highest BCUT2D eigenvalue weighted by Gasteiger charge is 2.50. The second-order valence-electron chi connectivity index (χ2n) is 7.38. The van der Waals surface area contributed by atoms with Crippen LogP contribution in [0.1, 0.15) is 24.8 Å². The second-order valence-corrected chi connectivity index (χ2v) is 7.38. The Hall–Kier alpha value is -2.34. The number of carbonyl (C=O) groups is 1. The van der Waals surface area contributed by atoms with Gasteiger partial charge in [0.2, 0.25) is 0 Å². The quantitative estimate of drug-likeness (QED) is 0.822. The summed E-state index contributed by atoms with van der Waals surface area (Å²) in [6.07, 6.45) is 3.19. The molecule has 1 aromatic carbocycles. The van der Waals surface area contributed by atoms with Crippen molar-refractivity contribution >= 4 is 22.7 Å². The van der Waals surface area contributed by atoms with Gasteiger partial charge in [0, 0.05) is 41.7 Å². The molecule has 2 atom stereocenters. The molecule has 2 N–H and O–H groups in total. The average Bonchev–Trinajstić information content (AvgIpc) is 3.11. The molecule has 2 heterocycles. The molecule has 2 aliphatic rings. The third kappa shape index (κ3) is 2.70. The summed E-state index contributed by atoms with van der Waals surface area (Å²) >= 11 is 0. The summed E-state index contributed by atoms with van der Waals surface area (Å²) in [5, 5.41) is 13.5. The minimum atomic E-state index is -0.397. The van der Waals surface area contributed by atoms with Crippen LogP contribution in [0.2, 0.25) is 0 Å². The lowest BCUT2D eigenvalue weighted by Gasteiger charge is -2.25. The van der Waals surface area contributed by atoms with Gasteiger partial charge in [-0.25, -0.2) is 9.59 Å². The summed E-state index contributed by atoms with van der Waals surface area (Å²) < 4.78 is 5.23. The van der Waals surface area contributed by atoms with Gasteiger partial charge in [-0.15, -0.1) is 0 Å². The molecule has 25 heavy (non-hydrogen) atoms. The first kappa shape index (κ1) is 16.1. The van der Waals surface area contributed by atoms with Crippen LogP contribution in [0.5, 0.6) is 0 Å². The van der Waals surface area contributed by atoms with Gasteiger partial charge in [-0.1, -0.05) is 6.42 Å². The summed E-state index contributed by atoms with van der Waals surface area (Å²) in [6.45, 7) is 3.28. The van der Waals surface area contributed by atoms with Crippen molar-refractivity contribution in [2.75, 3.05) is 25.0 Å². The highest BCUT2D eigenvalue weighted by atomic mass is 16.4. The molecule has 1 saturated carbocycles. The van der Waals surface area contributed by atoms with Crippen molar-refractivity contribution in [2.45, 2.75) is 26.2 Å². The van der Waals surface area contributed by atoms with E-state index in [1.807, 2.05) is 19.1 Å². The van der Waals surface area contributed by atoms with Crippen molar-refractivity contribution in [1.82, 2.24) is 4.90 Å². The molecule has 1 saturated heterocycles. The highest BCUT2D eigenvalue weighted by molar-refractivity contribution is 5.92. The molecule has 0 radical (unpaired) electrons. The van der Waals surface area contributed by atoms with E-state index in [-0.39, 0.29) is 18.1 Å². The van der Waals surface area contributed by atoms with Gasteiger partial charge in [0.1, 0.15) is 5.58 Å². The number of nitrogens with zero attached hydrogens (tertiary/aromatic N) is 1. The third-order valence-electron chi connectivity index (χ3n) is 5.84. The van der Waals surface area contributed by atoms with Crippen LogP contribution in [-0.2, 0) is 0 Å². The Morgan fingerprint density at radius 1 is 1.44 bits per heavy atom. The van der Waals surface area contributed by atoms with Gasteiger partial charge in [0.05, 0.1) is 6.61 Å². The number of nitrogens with one attached hydrogen (secondary N) is 1. The highest BCUT2D eigenvalue weighted by Crippen LogP contribution is 2.48. The zero-order valence-electron chi connectivity index (χ0n) is 14.2. The molecule has 4 rings (SSSR count). The summed E-state index contributed by atoms with van der Waals surface area (Å²) in [6, 6.07) is 6.62. The maximum Gasteiger partial charge on any atom is 0.336 e. The van der Waals surface area contributed by atoms with Gasteiger partial charge in [-0.05, 0) is 43.4 Å². The molecule has 132 valence electrons. The van der Waals surface area contributed by atoms with E-state index in [1.54, 1.807) is 11.0 Å². The lowest BCUT2D eigenvalue weighted by molar-refractivity contribution is 0.114. The van der Waals surface area contributed by atoms with E-state index in [0.29, 0.717) is 30.3 Å². The zero-order valence-corrected chi connectivity index (χ0v) is 14.2. The first-order valence-corrected chi connectivity index (χ1v) is 8.72. The number of aliphatic hydroxyl groups is 1. The van der Waals surface area contributed by atoms with Gasteiger partial charge >= 0.3 is 11.7 Å². The predicted octanol–water partition coefficient (Wildman–Crippen LogP) is 2.73. The molecular weight excluding hydrogens is 320 g/mol. The van der Waals surface area contributed by atoms with Gasteiger partial charge in [0.15, 0.2) is 0 Å². The molecule has 1 aliphatic carbocycles. The van der Waals surface area contributed by atoms with Crippen LogP contribution >= 0.6 is 0 Å². The van der Waals surface area contributed by atoms with Crippen LogP contribution in [0.4, 0.5) is 10.5 Å². The number of aliphatic hydroxyl groups excluding tert-OH is 1. The Morgan fingerprint density at radius 2 is 2.28 bits per heavy atom. The van der Waals surface area contributed by atoms with Crippen molar-refractivity contribution in [1.29, 1.82) is 0 Å². The SMILES string of the molecule is Cc1cc(=O)oc2cc(NC(=O)N3C[C@@H]4CCC[C@]4(CO)C3)ccc12. The lowest BCUT2D eigenvalue weighted by Crippen LogP contribution is -2.36. The fourth-order valence-electron chi connectivity index (χ4n) is 4.43. The minimum absolute atomic E-state index is 0.120. The van der Waals surface area contributed by atoms with Gasteiger partial charge in [-0.2, -0.15) is 0 Å². The van der Waals surface area contributed by atoms with Crippen LogP contribution in [-0.4, -0.2) is 35.7 Å². The maximum atomic E-state index is 12.6. The van der Waals surface area contributed by atoms with Gasteiger partial charge < -0.3 is 19.7 Å². The zero-order chi connectivity index (χ0) is 17.6. The molecule has 6 nitrogen and oxygen atoms in total. The fraction of sp³-hybridized carbons (Fsp3) is 0.474. The number of urea groups is 1. The van der Waals surface area contributed by atoms with Crippen LogP contribution in [0.15, 0.2) is 33.5 Å². The van der Waals surface area contributed by atoms with E-state index in [9.17, 15) is 14.7 Å². The topological polar surface area (TPSA) is 82.8 Å². The van der Waals surface area contributed by atoms with Crippen molar-refractivity contribution in [3.63, 3.8) is 0 Å². The summed E-state index contributed by atoms with van der Waals surface area (Å²) in [7, 11) is 0. The standard InChI is InChI=1S/C19H22N2O4/c1-12-7-17(23)25-16-8-14(4-5-15(12)16)20-18(24)21-9-13-3-2-6-19(13,10-21)11-22/h4-5,7-8,13,22H,2-3,6,9-11H2,1H3,(H,20,24)/t13-,19+/m0/s1. The van der Waals surface area contributed by atoms with E-state index in [4.69, 9.17) is 4.42 Å².